The second kappa shape index (κ2) is 6.49. The number of benzene rings is 2. The summed E-state index contributed by atoms with van der Waals surface area (Å²) in [6.07, 6.45) is 0.134. The first kappa shape index (κ1) is 16.9. The number of rotatable bonds is 5. The number of hydrogen-bond donors (Lipinski definition) is 1. The highest BCUT2D eigenvalue weighted by Crippen LogP contribution is 2.31. The van der Waals surface area contributed by atoms with Gasteiger partial charge in [-0.15, -0.1) is 0 Å². The van der Waals surface area contributed by atoms with Crippen LogP contribution in [-0.4, -0.2) is 40.6 Å². The Morgan fingerprint density at radius 1 is 1.00 bits per heavy atom. The van der Waals surface area contributed by atoms with E-state index in [2.05, 4.69) is 4.74 Å². The molecule has 6 nitrogen and oxygen atoms in total. The zero-order valence-corrected chi connectivity index (χ0v) is 13.6. The second-order valence-corrected chi connectivity index (χ2v) is 5.79. The van der Waals surface area contributed by atoms with Gasteiger partial charge in [0, 0.05) is 6.42 Å². The van der Waals surface area contributed by atoms with Crippen molar-refractivity contribution in [3.05, 3.63) is 71.3 Å². The molecule has 6 heteroatoms. The van der Waals surface area contributed by atoms with Gasteiger partial charge in [-0.3, -0.25) is 9.59 Å². The molecule has 1 aliphatic heterocycles. The van der Waals surface area contributed by atoms with Crippen LogP contribution in [0.2, 0.25) is 0 Å². The minimum atomic E-state index is -2.36. The Morgan fingerprint density at radius 3 is 2.04 bits per heavy atom. The molecule has 128 valence electrons. The molecule has 1 atom stereocenters. The zero-order valence-electron chi connectivity index (χ0n) is 13.6. The summed E-state index contributed by atoms with van der Waals surface area (Å²) in [5.74, 6) is -2.46. The van der Waals surface area contributed by atoms with Gasteiger partial charge in [0.1, 0.15) is 0 Å². The number of imide groups is 1. The number of aliphatic hydroxyl groups is 1. The lowest BCUT2D eigenvalue weighted by atomic mass is 10.0. The summed E-state index contributed by atoms with van der Waals surface area (Å²) < 4.78 is 4.68. The van der Waals surface area contributed by atoms with E-state index in [1.165, 1.54) is 12.1 Å². The number of amides is 2. The SMILES string of the molecule is COC(=O)C(O)(CCc1ccccc1)N1C(=O)c2ccccc2C1=O. The number of aryl methyl sites for hydroxylation is 1. The Hall–Kier alpha value is -2.99. The molecule has 0 aliphatic carbocycles. The third-order valence-electron chi connectivity index (χ3n) is 4.28. The molecule has 0 aromatic heterocycles. The predicted molar refractivity (Wildman–Crippen MR) is 88.7 cm³/mol. The highest BCUT2D eigenvalue weighted by molar-refractivity contribution is 6.23. The summed E-state index contributed by atoms with van der Waals surface area (Å²) in [6, 6.07) is 15.4. The highest BCUT2D eigenvalue weighted by atomic mass is 16.5. The Bertz CT molecular complexity index is 798. The van der Waals surface area contributed by atoms with Crippen LogP contribution in [0.3, 0.4) is 0 Å². The standard InChI is InChI=1S/C19H17NO5/c1-25-18(23)19(24,12-11-13-7-3-2-4-8-13)20-16(21)14-9-5-6-10-15(14)17(20)22/h2-10,24H,11-12H2,1H3. The molecule has 3 rings (SSSR count). The predicted octanol–water partition coefficient (Wildman–Crippen LogP) is 1.78. The Kier molecular flexibility index (Phi) is 4.37. The van der Waals surface area contributed by atoms with E-state index in [4.69, 9.17) is 0 Å². The molecule has 2 aromatic carbocycles. The first-order valence-corrected chi connectivity index (χ1v) is 7.81. The van der Waals surface area contributed by atoms with Gasteiger partial charge < -0.3 is 9.84 Å². The second-order valence-electron chi connectivity index (χ2n) is 5.79. The van der Waals surface area contributed by atoms with Gasteiger partial charge in [-0.1, -0.05) is 42.5 Å². The molecule has 1 heterocycles. The van der Waals surface area contributed by atoms with E-state index in [-0.39, 0.29) is 17.5 Å². The fraction of sp³-hybridized carbons (Fsp3) is 0.211. The third-order valence-corrected chi connectivity index (χ3v) is 4.28. The monoisotopic (exact) mass is 339 g/mol. The van der Waals surface area contributed by atoms with Crippen molar-refractivity contribution >= 4 is 17.8 Å². The Labute approximate surface area is 144 Å². The van der Waals surface area contributed by atoms with Crippen molar-refractivity contribution in [3.63, 3.8) is 0 Å². The zero-order chi connectivity index (χ0) is 18.0. The van der Waals surface area contributed by atoms with Crippen molar-refractivity contribution in [1.29, 1.82) is 0 Å². The summed E-state index contributed by atoms with van der Waals surface area (Å²) in [7, 11) is 1.11. The highest BCUT2D eigenvalue weighted by Gasteiger charge is 2.53. The smallest absolute Gasteiger partial charge is 0.360 e. The Balaban J connectivity index is 1.95. The molecule has 0 radical (unpaired) electrons. The molecule has 1 unspecified atom stereocenters. The van der Waals surface area contributed by atoms with Crippen LogP contribution in [0.25, 0.3) is 0 Å². The molecule has 2 amide bonds. The molecular weight excluding hydrogens is 322 g/mol. The summed E-state index contributed by atoms with van der Waals surface area (Å²) in [4.78, 5) is 38.1. The van der Waals surface area contributed by atoms with Gasteiger partial charge in [0.2, 0.25) is 5.72 Å². The quantitative estimate of drug-likeness (QED) is 0.663. The van der Waals surface area contributed by atoms with Gasteiger partial charge in [0.15, 0.2) is 0 Å². The normalized spacial score (nSPS) is 15.7. The van der Waals surface area contributed by atoms with Crippen LogP contribution < -0.4 is 0 Å². The average molecular weight is 339 g/mol. The van der Waals surface area contributed by atoms with Crippen molar-refractivity contribution in [2.45, 2.75) is 18.6 Å². The van der Waals surface area contributed by atoms with Crippen LogP contribution in [0.4, 0.5) is 0 Å². The minimum absolute atomic E-state index is 0.158. The number of esters is 1. The first-order valence-electron chi connectivity index (χ1n) is 7.81. The van der Waals surface area contributed by atoms with E-state index in [9.17, 15) is 19.5 Å². The number of carbonyl (C=O) groups is 3. The maximum Gasteiger partial charge on any atom is 0.360 e. The number of hydrogen-bond acceptors (Lipinski definition) is 5. The van der Waals surface area contributed by atoms with E-state index in [0.717, 1.165) is 12.7 Å². The van der Waals surface area contributed by atoms with Crippen molar-refractivity contribution in [2.75, 3.05) is 7.11 Å². The van der Waals surface area contributed by atoms with Crippen LogP contribution in [0.5, 0.6) is 0 Å². The van der Waals surface area contributed by atoms with E-state index >= 15 is 0 Å². The largest absolute Gasteiger partial charge is 0.465 e. The summed E-state index contributed by atoms with van der Waals surface area (Å²) in [5, 5.41) is 11.0. The molecule has 0 saturated heterocycles. The van der Waals surface area contributed by atoms with Gasteiger partial charge in [0.05, 0.1) is 18.2 Å². The minimum Gasteiger partial charge on any atom is -0.465 e. The summed E-state index contributed by atoms with van der Waals surface area (Å²) in [6.45, 7) is 0. The van der Waals surface area contributed by atoms with Crippen LogP contribution in [0.15, 0.2) is 54.6 Å². The molecule has 0 saturated carbocycles. The van der Waals surface area contributed by atoms with Crippen molar-refractivity contribution in [3.8, 4) is 0 Å². The van der Waals surface area contributed by atoms with Gasteiger partial charge in [-0.2, -0.15) is 0 Å². The lowest BCUT2D eigenvalue weighted by Crippen LogP contribution is -2.58. The first-order chi connectivity index (χ1) is 12.0. The summed E-state index contributed by atoms with van der Waals surface area (Å²) >= 11 is 0. The molecule has 1 aliphatic rings. The molecule has 0 spiro atoms. The van der Waals surface area contributed by atoms with Gasteiger partial charge in [-0.25, -0.2) is 9.69 Å². The van der Waals surface area contributed by atoms with E-state index in [1.54, 1.807) is 12.1 Å². The number of ether oxygens (including phenoxy) is 1. The van der Waals surface area contributed by atoms with Crippen molar-refractivity contribution in [2.24, 2.45) is 0 Å². The number of nitrogens with zero attached hydrogens (tertiary/aromatic N) is 1. The fourth-order valence-electron chi connectivity index (χ4n) is 2.96. The number of fused-ring (bicyclic) bond motifs is 1. The lowest BCUT2D eigenvalue weighted by molar-refractivity contribution is -0.177. The topological polar surface area (TPSA) is 83.9 Å². The number of carbonyl (C=O) groups excluding carboxylic acids is 3. The molecule has 25 heavy (non-hydrogen) atoms. The summed E-state index contributed by atoms with van der Waals surface area (Å²) in [5.41, 5.74) is -1.18. The molecule has 1 N–H and O–H groups in total. The molecule has 2 aromatic rings. The lowest BCUT2D eigenvalue weighted by Gasteiger charge is -2.32. The maximum atomic E-state index is 12.6. The third kappa shape index (κ3) is 2.81. The Morgan fingerprint density at radius 2 is 1.52 bits per heavy atom. The molecular formula is C19H17NO5. The van der Waals surface area contributed by atoms with Gasteiger partial charge in [0.25, 0.3) is 11.8 Å². The van der Waals surface area contributed by atoms with Crippen molar-refractivity contribution < 1.29 is 24.2 Å². The number of methoxy groups -OCH3 is 1. The average Bonchev–Trinajstić information content (AvgIpc) is 2.91. The van der Waals surface area contributed by atoms with E-state index in [1.807, 2.05) is 30.3 Å². The maximum absolute atomic E-state index is 12.6. The van der Waals surface area contributed by atoms with Crippen molar-refractivity contribution in [1.82, 2.24) is 4.90 Å². The van der Waals surface area contributed by atoms with Gasteiger partial charge in [-0.05, 0) is 24.1 Å². The molecule has 0 bridgehead atoms. The van der Waals surface area contributed by atoms with E-state index < -0.39 is 23.5 Å². The fourth-order valence-corrected chi connectivity index (χ4v) is 2.96. The van der Waals surface area contributed by atoms with Gasteiger partial charge >= 0.3 is 5.97 Å². The van der Waals surface area contributed by atoms with E-state index in [0.29, 0.717) is 11.3 Å². The van der Waals surface area contributed by atoms with Crippen LogP contribution in [0, 0.1) is 0 Å². The van der Waals surface area contributed by atoms with Crippen LogP contribution >= 0.6 is 0 Å². The van der Waals surface area contributed by atoms with Crippen LogP contribution in [-0.2, 0) is 16.0 Å². The molecule has 0 fully saturated rings. The van der Waals surface area contributed by atoms with Crippen LogP contribution in [0.1, 0.15) is 32.7 Å².